The van der Waals surface area contributed by atoms with Crippen LogP contribution >= 0.6 is 11.3 Å². The number of hydrogen-bond donors (Lipinski definition) is 1. The van der Waals surface area contributed by atoms with Crippen LogP contribution in [0.25, 0.3) is 21.5 Å². The van der Waals surface area contributed by atoms with Gasteiger partial charge in [-0.05, 0) is 60.1 Å². The SMILES string of the molecule is NC=CC(=Nc1ccc(F)cc1)c1ccc2noc(-c3cccs3)c2c1. The van der Waals surface area contributed by atoms with Crippen molar-refractivity contribution in [2.75, 3.05) is 0 Å². The molecule has 2 heterocycles. The highest BCUT2D eigenvalue weighted by Gasteiger charge is 2.13. The van der Waals surface area contributed by atoms with Gasteiger partial charge in [0.2, 0.25) is 0 Å². The van der Waals surface area contributed by atoms with Crippen LogP contribution in [-0.4, -0.2) is 10.9 Å². The van der Waals surface area contributed by atoms with E-state index in [0.29, 0.717) is 11.4 Å². The summed E-state index contributed by atoms with van der Waals surface area (Å²) in [4.78, 5) is 5.59. The van der Waals surface area contributed by atoms with Gasteiger partial charge in [-0.25, -0.2) is 9.38 Å². The summed E-state index contributed by atoms with van der Waals surface area (Å²) in [6.45, 7) is 0. The molecular formula is C20H14FN3OS. The van der Waals surface area contributed by atoms with Gasteiger partial charge < -0.3 is 10.3 Å². The van der Waals surface area contributed by atoms with E-state index in [-0.39, 0.29) is 5.82 Å². The fourth-order valence-corrected chi connectivity index (χ4v) is 3.35. The van der Waals surface area contributed by atoms with Crippen molar-refractivity contribution in [3.05, 3.63) is 83.6 Å². The van der Waals surface area contributed by atoms with E-state index in [1.807, 2.05) is 35.7 Å². The van der Waals surface area contributed by atoms with Crippen molar-refractivity contribution in [3.63, 3.8) is 0 Å². The average Bonchev–Trinajstić information content (AvgIpc) is 3.31. The van der Waals surface area contributed by atoms with E-state index >= 15 is 0 Å². The summed E-state index contributed by atoms with van der Waals surface area (Å²) >= 11 is 1.59. The first kappa shape index (κ1) is 16.2. The average molecular weight is 363 g/mol. The number of nitrogens with zero attached hydrogens (tertiary/aromatic N) is 2. The van der Waals surface area contributed by atoms with Gasteiger partial charge in [0.25, 0.3) is 0 Å². The van der Waals surface area contributed by atoms with E-state index in [4.69, 9.17) is 10.3 Å². The largest absolute Gasteiger partial charge is 0.405 e. The first-order valence-corrected chi connectivity index (χ1v) is 8.79. The lowest BCUT2D eigenvalue weighted by atomic mass is 10.1. The molecule has 128 valence electrons. The van der Waals surface area contributed by atoms with Gasteiger partial charge in [-0.15, -0.1) is 11.3 Å². The predicted molar refractivity (Wildman–Crippen MR) is 103 cm³/mol. The van der Waals surface area contributed by atoms with Crippen LogP contribution in [0.1, 0.15) is 5.56 Å². The van der Waals surface area contributed by atoms with Crippen LogP contribution < -0.4 is 5.73 Å². The normalized spacial score (nSPS) is 12.3. The van der Waals surface area contributed by atoms with Gasteiger partial charge in [-0.2, -0.15) is 0 Å². The predicted octanol–water partition coefficient (Wildman–Crippen LogP) is 5.29. The third kappa shape index (κ3) is 3.14. The quantitative estimate of drug-likeness (QED) is 0.501. The molecule has 2 aromatic heterocycles. The van der Waals surface area contributed by atoms with Crippen molar-refractivity contribution in [2.24, 2.45) is 10.7 Å². The Bertz CT molecular complexity index is 1100. The zero-order valence-corrected chi connectivity index (χ0v) is 14.4. The minimum atomic E-state index is -0.300. The smallest absolute Gasteiger partial charge is 0.184 e. The van der Waals surface area contributed by atoms with E-state index in [0.717, 1.165) is 27.1 Å². The monoisotopic (exact) mass is 363 g/mol. The van der Waals surface area contributed by atoms with Crippen LogP contribution in [0.4, 0.5) is 10.1 Å². The number of thiophene rings is 1. The zero-order chi connectivity index (χ0) is 17.9. The topological polar surface area (TPSA) is 64.4 Å². The van der Waals surface area contributed by atoms with E-state index in [9.17, 15) is 4.39 Å². The maximum absolute atomic E-state index is 13.1. The second-order valence-electron chi connectivity index (χ2n) is 5.55. The Labute approximate surface area is 153 Å². The Kier molecular flexibility index (Phi) is 4.33. The molecule has 0 unspecified atom stereocenters. The Morgan fingerprint density at radius 3 is 2.73 bits per heavy atom. The van der Waals surface area contributed by atoms with Crippen LogP contribution in [0.15, 0.2) is 81.8 Å². The second kappa shape index (κ2) is 6.93. The van der Waals surface area contributed by atoms with E-state index in [1.54, 1.807) is 29.5 Å². The van der Waals surface area contributed by atoms with Crippen LogP contribution in [-0.2, 0) is 0 Å². The molecular weight excluding hydrogens is 349 g/mol. The zero-order valence-electron chi connectivity index (χ0n) is 13.6. The minimum Gasteiger partial charge on any atom is -0.405 e. The highest BCUT2D eigenvalue weighted by atomic mass is 32.1. The van der Waals surface area contributed by atoms with Crippen molar-refractivity contribution in [1.29, 1.82) is 0 Å². The summed E-state index contributed by atoms with van der Waals surface area (Å²) in [5, 5.41) is 7.02. The molecule has 6 heteroatoms. The number of aromatic nitrogens is 1. The molecule has 0 spiro atoms. The van der Waals surface area contributed by atoms with Crippen LogP contribution in [0, 0.1) is 5.82 Å². The van der Waals surface area contributed by atoms with Crippen molar-refractivity contribution < 1.29 is 8.91 Å². The maximum Gasteiger partial charge on any atom is 0.184 e. The van der Waals surface area contributed by atoms with Gasteiger partial charge in [-0.1, -0.05) is 17.3 Å². The fourth-order valence-electron chi connectivity index (χ4n) is 2.63. The lowest BCUT2D eigenvalue weighted by molar-refractivity contribution is 0.442. The van der Waals surface area contributed by atoms with Crippen molar-refractivity contribution in [3.8, 4) is 10.6 Å². The molecule has 0 aliphatic heterocycles. The van der Waals surface area contributed by atoms with Crippen molar-refractivity contribution in [2.45, 2.75) is 0 Å². The Hall–Kier alpha value is -3.25. The molecule has 4 aromatic rings. The Morgan fingerprint density at radius 1 is 1.15 bits per heavy atom. The fraction of sp³-hybridized carbons (Fsp3) is 0. The summed E-state index contributed by atoms with van der Waals surface area (Å²) < 4.78 is 18.6. The molecule has 0 saturated heterocycles. The summed E-state index contributed by atoms with van der Waals surface area (Å²) in [5.74, 6) is 0.432. The first-order valence-electron chi connectivity index (χ1n) is 7.91. The molecule has 4 nitrogen and oxygen atoms in total. The summed E-state index contributed by atoms with van der Waals surface area (Å²) in [6.07, 6.45) is 3.14. The number of allylic oxidation sites excluding steroid dienone is 1. The number of benzene rings is 2. The Morgan fingerprint density at radius 2 is 2.00 bits per heavy atom. The third-order valence-corrected chi connectivity index (χ3v) is 4.72. The number of hydrogen-bond acceptors (Lipinski definition) is 5. The molecule has 26 heavy (non-hydrogen) atoms. The van der Waals surface area contributed by atoms with Crippen LogP contribution in [0.5, 0.6) is 0 Å². The van der Waals surface area contributed by atoms with Crippen molar-refractivity contribution in [1.82, 2.24) is 5.16 Å². The molecule has 0 atom stereocenters. The van der Waals surface area contributed by atoms with Gasteiger partial charge in [0.1, 0.15) is 11.3 Å². The maximum atomic E-state index is 13.1. The summed E-state index contributed by atoms with van der Waals surface area (Å²) in [6, 6.07) is 15.7. The number of rotatable bonds is 4. The molecule has 2 N–H and O–H groups in total. The van der Waals surface area contributed by atoms with Gasteiger partial charge in [0.05, 0.1) is 21.7 Å². The highest BCUT2D eigenvalue weighted by molar-refractivity contribution is 7.13. The molecule has 4 rings (SSSR count). The second-order valence-corrected chi connectivity index (χ2v) is 6.50. The highest BCUT2D eigenvalue weighted by Crippen LogP contribution is 2.32. The minimum absolute atomic E-state index is 0.300. The summed E-state index contributed by atoms with van der Waals surface area (Å²) in [7, 11) is 0. The van der Waals surface area contributed by atoms with Gasteiger partial charge in [-0.3, -0.25) is 0 Å². The van der Waals surface area contributed by atoms with Crippen molar-refractivity contribution >= 4 is 33.6 Å². The lowest BCUT2D eigenvalue weighted by Crippen LogP contribution is -1.98. The van der Waals surface area contributed by atoms with Gasteiger partial charge in [0, 0.05) is 5.56 Å². The lowest BCUT2D eigenvalue weighted by Gasteiger charge is -2.03. The third-order valence-electron chi connectivity index (χ3n) is 3.85. The molecule has 0 amide bonds. The molecule has 0 bridgehead atoms. The van der Waals surface area contributed by atoms with Crippen LogP contribution in [0.2, 0.25) is 0 Å². The number of halogens is 1. The Balaban J connectivity index is 1.82. The molecule has 0 aliphatic rings. The standard InChI is InChI=1S/C20H14FN3OS/c21-14-4-6-15(7-5-14)23-17(9-10-22)13-3-8-18-16(12-13)20(25-24-18)19-2-1-11-26-19/h1-12H,22H2. The molecule has 0 radical (unpaired) electrons. The van der Waals surface area contributed by atoms with Crippen LogP contribution in [0.3, 0.4) is 0 Å². The van der Waals surface area contributed by atoms with E-state index in [1.165, 1.54) is 18.3 Å². The molecule has 2 aromatic carbocycles. The van der Waals surface area contributed by atoms with E-state index in [2.05, 4.69) is 10.1 Å². The molecule has 0 aliphatic carbocycles. The number of nitrogens with two attached hydrogens (primary N) is 1. The van der Waals surface area contributed by atoms with E-state index < -0.39 is 0 Å². The van der Waals surface area contributed by atoms with Gasteiger partial charge in [0.15, 0.2) is 5.76 Å². The van der Waals surface area contributed by atoms with Gasteiger partial charge >= 0.3 is 0 Å². The number of aliphatic imine (C=N–C) groups is 1. The first-order chi connectivity index (χ1) is 12.7. The molecule has 0 saturated carbocycles. The molecule has 0 fully saturated rings. The number of fused-ring (bicyclic) bond motifs is 1. The summed E-state index contributed by atoms with van der Waals surface area (Å²) in [5.41, 5.74) is 8.54.